The van der Waals surface area contributed by atoms with Gasteiger partial charge in [0.25, 0.3) is 5.91 Å². The van der Waals surface area contributed by atoms with Gasteiger partial charge in [0.2, 0.25) is 0 Å². The normalized spacial score (nSPS) is 17.5. The minimum atomic E-state index is -0.288. The number of aromatic nitrogens is 3. The molecule has 3 N–H and O–H groups in total. The van der Waals surface area contributed by atoms with Crippen LogP contribution in [0.4, 0.5) is 0 Å². The number of aliphatic hydroxyl groups is 1. The lowest BCUT2D eigenvalue weighted by atomic mass is 10.2. The van der Waals surface area contributed by atoms with E-state index in [0.29, 0.717) is 18.2 Å². The summed E-state index contributed by atoms with van der Waals surface area (Å²) in [5, 5.41) is 22.6. The van der Waals surface area contributed by atoms with Gasteiger partial charge >= 0.3 is 0 Å². The summed E-state index contributed by atoms with van der Waals surface area (Å²) in [4.78, 5) is 11.8. The van der Waals surface area contributed by atoms with Gasteiger partial charge in [0, 0.05) is 13.1 Å². The molecule has 1 aromatic rings. The molecule has 1 aliphatic heterocycles. The second-order valence-corrected chi connectivity index (χ2v) is 4.16. The zero-order valence-corrected chi connectivity index (χ0v) is 9.76. The van der Waals surface area contributed by atoms with E-state index in [1.807, 2.05) is 6.92 Å². The van der Waals surface area contributed by atoms with Crippen molar-refractivity contribution >= 4 is 5.91 Å². The zero-order valence-electron chi connectivity index (χ0n) is 9.76. The quantitative estimate of drug-likeness (QED) is 0.608. The Hall–Kier alpha value is -1.47. The number of aliphatic hydroxyl groups excluding tert-OH is 1. The Bertz CT molecular complexity index is 384. The van der Waals surface area contributed by atoms with E-state index in [1.165, 1.54) is 0 Å². The van der Waals surface area contributed by atoms with Crippen molar-refractivity contribution in [2.24, 2.45) is 0 Å². The molecule has 94 valence electrons. The summed E-state index contributed by atoms with van der Waals surface area (Å²) < 4.78 is 1.70. The Morgan fingerprint density at radius 3 is 3.06 bits per heavy atom. The maximum atomic E-state index is 11.8. The minimum absolute atomic E-state index is 0.0665. The smallest absolute Gasteiger partial charge is 0.273 e. The molecule has 0 unspecified atom stereocenters. The van der Waals surface area contributed by atoms with E-state index in [9.17, 15) is 4.79 Å². The number of hydrogen-bond donors (Lipinski definition) is 3. The fraction of sp³-hybridized carbons (Fsp3) is 0.700. The van der Waals surface area contributed by atoms with E-state index in [2.05, 4.69) is 20.9 Å². The number of rotatable bonds is 5. The van der Waals surface area contributed by atoms with E-state index in [0.717, 1.165) is 13.1 Å². The van der Waals surface area contributed by atoms with Gasteiger partial charge in [-0.1, -0.05) is 12.1 Å². The van der Waals surface area contributed by atoms with Crippen LogP contribution < -0.4 is 10.6 Å². The highest BCUT2D eigenvalue weighted by molar-refractivity contribution is 5.92. The van der Waals surface area contributed by atoms with Crippen LogP contribution in [0.5, 0.6) is 0 Å². The first-order chi connectivity index (χ1) is 8.24. The number of hydrogen-bond acceptors (Lipinski definition) is 5. The molecule has 1 atom stereocenters. The van der Waals surface area contributed by atoms with Crippen molar-refractivity contribution in [2.75, 3.05) is 19.7 Å². The highest BCUT2D eigenvalue weighted by Crippen LogP contribution is 2.09. The molecule has 0 saturated carbocycles. The Labute approximate surface area is 99.2 Å². The van der Waals surface area contributed by atoms with E-state index >= 15 is 0 Å². The van der Waals surface area contributed by atoms with Crippen LogP contribution >= 0.6 is 0 Å². The average molecular weight is 239 g/mol. The molecule has 1 aliphatic rings. The van der Waals surface area contributed by atoms with E-state index in [4.69, 9.17) is 5.11 Å². The molecule has 1 saturated heterocycles. The van der Waals surface area contributed by atoms with Gasteiger partial charge in [0.15, 0.2) is 5.69 Å². The maximum absolute atomic E-state index is 11.8. The molecule has 1 fully saturated rings. The number of nitrogens with one attached hydrogen (secondary N) is 2. The predicted octanol–water partition coefficient (Wildman–Crippen LogP) is -1.08. The second kappa shape index (κ2) is 5.24. The van der Waals surface area contributed by atoms with Crippen LogP contribution in [0, 0.1) is 0 Å². The van der Waals surface area contributed by atoms with Crippen LogP contribution in [0.25, 0.3) is 0 Å². The van der Waals surface area contributed by atoms with Crippen LogP contribution in [0.1, 0.15) is 29.9 Å². The van der Waals surface area contributed by atoms with Crippen molar-refractivity contribution in [2.45, 2.75) is 25.4 Å². The summed E-state index contributed by atoms with van der Waals surface area (Å²) in [7, 11) is 0. The van der Waals surface area contributed by atoms with Crippen molar-refractivity contribution in [1.82, 2.24) is 25.6 Å². The first kappa shape index (κ1) is 12.0. The molecule has 0 aromatic carbocycles. The highest BCUT2D eigenvalue weighted by Gasteiger charge is 2.22. The third kappa shape index (κ3) is 2.62. The molecule has 17 heavy (non-hydrogen) atoms. The third-order valence-corrected chi connectivity index (χ3v) is 2.93. The van der Waals surface area contributed by atoms with Crippen molar-refractivity contribution in [1.29, 1.82) is 0 Å². The second-order valence-electron chi connectivity index (χ2n) is 4.16. The Morgan fingerprint density at radius 2 is 2.53 bits per heavy atom. The topological polar surface area (TPSA) is 92.1 Å². The van der Waals surface area contributed by atoms with Crippen LogP contribution in [-0.4, -0.2) is 51.7 Å². The summed E-state index contributed by atoms with van der Waals surface area (Å²) in [6.45, 7) is 3.55. The van der Waals surface area contributed by atoms with Gasteiger partial charge in [-0.05, 0) is 6.42 Å². The van der Waals surface area contributed by atoms with Gasteiger partial charge in [-0.2, -0.15) is 0 Å². The lowest BCUT2D eigenvalue weighted by Crippen LogP contribution is -2.43. The first-order valence-corrected chi connectivity index (χ1v) is 5.78. The number of amides is 1. The Morgan fingerprint density at radius 1 is 1.76 bits per heavy atom. The van der Waals surface area contributed by atoms with Gasteiger partial charge in [0.1, 0.15) is 0 Å². The van der Waals surface area contributed by atoms with E-state index < -0.39 is 0 Å². The molecule has 2 rings (SSSR count). The molecular weight excluding hydrogens is 222 g/mol. The van der Waals surface area contributed by atoms with Crippen LogP contribution in [0.3, 0.4) is 0 Å². The molecule has 0 aliphatic carbocycles. The number of carbonyl (C=O) groups excluding carboxylic acids is 1. The lowest BCUT2D eigenvalue weighted by molar-refractivity contribution is 0.0909. The zero-order chi connectivity index (χ0) is 12.3. The molecular formula is C10H17N5O2. The van der Waals surface area contributed by atoms with Gasteiger partial charge in [-0.25, -0.2) is 4.68 Å². The number of carbonyl (C=O) groups is 1. The number of nitrogens with zero attached hydrogens (tertiary/aromatic N) is 3. The van der Waals surface area contributed by atoms with Crippen molar-refractivity contribution < 1.29 is 9.90 Å². The van der Waals surface area contributed by atoms with Crippen LogP contribution in [0.15, 0.2) is 6.20 Å². The van der Waals surface area contributed by atoms with Gasteiger partial charge in [-0.3, -0.25) is 4.79 Å². The van der Waals surface area contributed by atoms with Crippen LogP contribution in [0.2, 0.25) is 0 Å². The molecule has 0 spiro atoms. The minimum Gasteiger partial charge on any atom is -0.394 e. The van der Waals surface area contributed by atoms with Crippen molar-refractivity contribution in [3.05, 3.63) is 11.9 Å². The molecule has 7 heteroatoms. The summed E-state index contributed by atoms with van der Waals surface area (Å²) in [5.74, 6) is -0.288. The van der Waals surface area contributed by atoms with Gasteiger partial charge < -0.3 is 15.7 Å². The molecule has 0 bridgehead atoms. The summed E-state index contributed by atoms with van der Waals surface area (Å²) >= 11 is 0. The first-order valence-electron chi connectivity index (χ1n) is 5.78. The molecule has 1 aromatic heterocycles. The lowest BCUT2D eigenvalue weighted by Gasteiger charge is -2.26. The maximum Gasteiger partial charge on any atom is 0.273 e. The molecule has 0 radical (unpaired) electrons. The molecule has 1 amide bonds. The Kier molecular flexibility index (Phi) is 3.70. The van der Waals surface area contributed by atoms with Crippen molar-refractivity contribution in [3.8, 4) is 0 Å². The highest BCUT2D eigenvalue weighted by atomic mass is 16.3. The SMILES string of the molecule is CC[C@@H](CO)NC(=O)c1cn(C2CNC2)nn1. The van der Waals surface area contributed by atoms with Gasteiger partial charge in [0.05, 0.1) is 24.9 Å². The molecule has 7 nitrogen and oxygen atoms in total. The standard InChI is InChI=1S/C10H17N5O2/c1-2-7(6-16)12-10(17)9-5-15(14-13-9)8-3-11-4-8/h5,7-8,11,16H,2-4,6H2,1H3,(H,12,17)/t7-/m0/s1. The summed E-state index contributed by atoms with van der Waals surface area (Å²) in [6, 6.07) is 0.0712. The largest absolute Gasteiger partial charge is 0.394 e. The van der Waals surface area contributed by atoms with E-state index in [1.54, 1.807) is 10.9 Å². The predicted molar refractivity (Wildman–Crippen MR) is 60.6 cm³/mol. The van der Waals surface area contributed by atoms with E-state index in [-0.39, 0.29) is 18.6 Å². The summed E-state index contributed by atoms with van der Waals surface area (Å²) in [6.07, 6.45) is 2.33. The summed E-state index contributed by atoms with van der Waals surface area (Å²) in [5.41, 5.74) is 0.295. The third-order valence-electron chi connectivity index (χ3n) is 2.93. The fourth-order valence-corrected chi connectivity index (χ4v) is 1.56. The van der Waals surface area contributed by atoms with Crippen LogP contribution in [-0.2, 0) is 0 Å². The monoisotopic (exact) mass is 239 g/mol. The fourth-order valence-electron chi connectivity index (χ4n) is 1.56. The van der Waals surface area contributed by atoms with Crippen molar-refractivity contribution in [3.63, 3.8) is 0 Å². The Balaban J connectivity index is 1.96. The average Bonchev–Trinajstić information content (AvgIpc) is 2.72. The molecule has 2 heterocycles. The van der Waals surface area contributed by atoms with Gasteiger partial charge in [-0.15, -0.1) is 5.10 Å².